The lowest BCUT2D eigenvalue weighted by Gasteiger charge is -2.36. The molecule has 1 amide bonds. The molecule has 2 unspecified atom stereocenters. The van der Waals surface area contributed by atoms with Crippen LogP contribution in [0, 0.1) is 11.3 Å². The zero-order chi connectivity index (χ0) is 28.8. The number of nitrogens with one attached hydrogen (secondary N) is 1. The fraction of sp³-hybridized carbons (Fsp3) is 0.517. The van der Waals surface area contributed by atoms with E-state index in [-0.39, 0.29) is 28.7 Å². The van der Waals surface area contributed by atoms with Crippen LogP contribution < -0.4 is 15.0 Å². The van der Waals surface area contributed by atoms with Crippen LogP contribution >= 0.6 is 15.9 Å². The topological polar surface area (TPSA) is 113 Å². The third-order valence-corrected chi connectivity index (χ3v) is 9.82. The Bertz CT molecular complexity index is 1270. The summed E-state index contributed by atoms with van der Waals surface area (Å²) < 4.78 is 34.0. The fourth-order valence-electron chi connectivity index (χ4n) is 5.05. The number of carboxylic acids is 1. The van der Waals surface area contributed by atoms with Crippen LogP contribution in [0.25, 0.3) is 0 Å². The van der Waals surface area contributed by atoms with E-state index in [2.05, 4.69) is 40.0 Å². The van der Waals surface area contributed by atoms with Gasteiger partial charge in [-0.15, -0.1) is 0 Å². The minimum Gasteiger partial charge on any atom is -0.483 e. The summed E-state index contributed by atoms with van der Waals surface area (Å²) in [4.78, 5) is 26.3. The highest BCUT2D eigenvalue weighted by atomic mass is 79.9. The molecule has 2 N–H and O–H groups in total. The van der Waals surface area contributed by atoms with E-state index in [1.165, 1.54) is 6.07 Å². The minimum atomic E-state index is -3.71. The standard InChI is InChI=1S/C29H39BrN2O6S/c1-5-7-13-29(6-2)18-32(21-11-9-8-10-12-21)24-15-22(30)25(16-26(24)39(36,37)19-29)38-17-27(33)31-23(28(34)35)14-20(3)4/h8-12,15-16,20,23H,5-7,13-14,17-19H2,1-4H3,(H,31,33)(H,34,35). The average Bonchev–Trinajstić information content (AvgIpc) is 2.98. The van der Waals surface area contributed by atoms with E-state index < -0.39 is 39.8 Å². The van der Waals surface area contributed by atoms with Crippen LogP contribution in [0.5, 0.6) is 5.75 Å². The Hall–Kier alpha value is -2.59. The van der Waals surface area contributed by atoms with Crippen LogP contribution in [0.4, 0.5) is 11.4 Å². The molecule has 0 aromatic heterocycles. The highest BCUT2D eigenvalue weighted by Crippen LogP contribution is 2.46. The van der Waals surface area contributed by atoms with Gasteiger partial charge in [0.25, 0.3) is 5.91 Å². The Labute approximate surface area is 240 Å². The van der Waals surface area contributed by atoms with Gasteiger partial charge in [-0.1, -0.05) is 58.7 Å². The fourth-order valence-corrected chi connectivity index (χ4v) is 7.67. The number of para-hydroxylation sites is 1. The Morgan fingerprint density at radius 2 is 1.87 bits per heavy atom. The van der Waals surface area contributed by atoms with Gasteiger partial charge >= 0.3 is 5.97 Å². The number of benzene rings is 2. The molecule has 0 bridgehead atoms. The van der Waals surface area contributed by atoms with Crippen molar-refractivity contribution in [2.24, 2.45) is 11.3 Å². The van der Waals surface area contributed by atoms with E-state index in [0.29, 0.717) is 16.7 Å². The number of carbonyl (C=O) groups is 2. The molecular formula is C29H39BrN2O6S. The number of ether oxygens (including phenoxy) is 1. The molecule has 2 aromatic rings. The van der Waals surface area contributed by atoms with Gasteiger partial charge < -0.3 is 20.1 Å². The van der Waals surface area contributed by atoms with Crippen molar-refractivity contribution in [1.29, 1.82) is 0 Å². The number of hydrogen-bond donors (Lipinski definition) is 2. The Kier molecular flexibility index (Phi) is 10.5. The molecule has 8 nitrogen and oxygen atoms in total. The van der Waals surface area contributed by atoms with Crippen LogP contribution in [0.2, 0.25) is 0 Å². The summed E-state index contributed by atoms with van der Waals surface area (Å²) in [5, 5.41) is 11.9. The van der Waals surface area contributed by atoms with Crippen molar-refractivity contribution in [3.63, 3.8) is 0 Å². The predicted molar refractivity (Wildman–Crippen MR) is 156 cm³/mol. The summed E-state index contributed by atoms with van der Waals surface area (Å²) in [6, 6.07) is 11.9. The molecule has 1 aliphatic heterocycles. The van der Waals surface area contributed by atoms with Crippen molar-refractivity contribution in [3.8, 4) is 5.75 Å². The molecule has 0 saturated heterocycles. The number of sulfone groups is 1. The molecule has 1 aliphatic rings. The summed E-state index contributed by atoms with van der Waals surface area (Å²) in [6.07, 6.45) is 3.71. The predicted octanol–water partition coefficient (Wildman–Crippen LogP) is 5.96. The van der Waals surface area contributed by atoms with Gasteiger partial charge in [-0.05, 0) is 59.3 Å². The zero-order valence-electron chi connectivity index (χ0n) is 23.1. The second-order valence-corrected chi connectivity index (χ2v) is 13.6. The number of anilines is 2. The summed E-state index contributed by atoms with van der Waals surface area (Å²) >= 11 is 3.51. The first-order valence-corrected chi connectivity index (χ1v) is 15.9. The van der Waals surface area contributed by atoms with Crippen LogP contribution in [0.1, 0.15) is 59.8 Å². The number of nitrogens with zero attached hydrogens (tertiary/aromatic N) is 1. The lowest BCUT2D eigenvalue weighted by Crippen LogP contribution is -2.43. The van der Waals surface area contributed by atoms with E-state index >= 15 is 0 Å². The van der Waals surface area contributed by atoms with Gasteiger partial charge in [-0.3, -0.25) is 4.79 Å². The van der Waals surface area contributed by atoms with E-state index in [1.54, 1.807) is 6.07 Å². The van der Waals surface area contributed by atoms with E-state index in [1.807, 2.05) is 44.2 Å². The normalized spacial score (nSPS) is 19.2. The number of aliphatic carboxylic acids is 1. The van der Waals surface area contributed by atoms with Gasteiger partial charge in [0.15, 0.2) is 16.4 Å². The molecule has 0 fully saturated rings. The third-order valence-electron chi connectivity index (χ3n) is 7.21. The zero-order valence-corrected chi connectivity index (χ0v) is 25.5. The third kappa shape index (κ3) is 7.75. The first-order valence-electron chi connectivity index (χ1n) is 13.4. The summed E-state index contributed by atoms with van der Waals surface area (Å²) in [6.45, 7) is 8.02. The van der Waals surface area contributed by atoms with Gasteiger partial charge in [-0.2, -0.15) is 0 Å². The van der Waals surface area contributed by atoms with Crippen molar-refractivity contribution < 1.29 is 27.9 Å². The van der Waals surface area contributed by atoms with Crippen molar-refractivity contribution in [2.75, 3.05) is 23.8 Å². The number of unbranched alkanes of at least 4 members (excludes halogenated alkanes) is 1. The molecule has 214 valence electrons. The van der Waals surface area contributed by atoms with Gasteiger partial charge in [0.05, 0.1) is 20.8 Å². The molecule has 0 radical (unpaired) electrons. The van der Waals surface area contributed by atoms with Crippen LogP contribution in [0.15, 0.2) is 51.8 Å². The molecule has 10 heteroatoms. The number of amides is 1. The Balaban J connectivity index is 1.98. The molecule has 39 heavy (non-hydrogen) atoms. The molecule has 1 heterocycles. The molecule has 2 atom stereocenters. The molecule has 3 rings (SSSR count). The highest BCUT2D eigenvalue weighted by Gasteiger charge is 2.42. The number of carbonyl (C=O) groups excluding carboxylic acids is 1. The number of carboxylic acid groups (broad SMARTS) is 1. The molecule has 0 saturated carbocycles. The van der Waals surface area contributed by atoms with Crippen molar-refractivity contribution >= 4 is 49.0 Å². The van der Waals surface area contributed by atoms with Crippen molar-refractivity contribution in [2.45, 2.75) is 70.7 Å². The van der Waals surface area contributed by atoms with Crippen molar-refractivity contribution in [3.05, 3.63) is 46.9 Å². The maximum Gasteiger partial charge on any atom is 0.326 e. The minimum absolute atomic E-state index is 0.0177. The second kappa shape index (κ2) is 13.2. The van der Waals surface area contributed by atoms with Crippen molar-refractivity contribution in [1.82, 2.24) is 5.32 Å². The van der Waals surface area contributed by atoms with E-state index in [0.717, 1.165) is 31.4 Å². The van der Waals surface area contributed by atoms with Crippen LogP contribution in [-0.4, -0.2) is 50.3 Å². The number of hydrogen-bond acceptors (Lipinski definition) is 6. The quantitative estimate of drug-likeness (QED) is 0.300. The SMILES string of the molecule is CCCCC1(CC)CN(c2ccccc2)c2cc(Br)c(OCC(=O)NC(CC(C)C)C(=O)O)cc2S(=O)(=O)C1. The number of rotatable bonds is 12. The molecule has 0 aliphatic carbocycles. The van der Waals surface area contributed by atoms with Gasteiger partial charge in [0.2, 0.25) is 0 Å². The molecule has 0 spiro atoms. The maximum absolute atomic E-state index is 13.9. The smallest absolute Gasteiger partial charge is 0.326 e. The summed E-state index contributed by atoms with van der Waals surface area (Å²) in [7, 11) is -3.71. The van der Waals surface area contributed by atoms with Crippen LogP contribution in [0.3, 0.4) is 0 Å². The van der Waals surface area contributed by atoms with Crippen LogP contribution in [-0.2, 0) is 19.4 Å². The molecular weight excluding hydrogens is 584 g/mol. The maximum atomic E-state index is 13.9. The monoisotopic (exact) mass is 622 g/mol. The number of fused-ring (bicyclic) bond motifs is 1. The van der Waals surface area contributed by atoms with Gasteiger partial charge in [0.1, 0.15) is 11.8 Å². The largest absolute Gasteiger partial charge is 0.483 e. The second-order valence-electron chi connectivity index (χ2n) is 10.8. The van der Waals surface area contributed by atoms with E-state index in [4.69, 9.17) is 4.74 Å². The summed E-state index contributed by atoms with van der Waals surface area (Å²) in [5.41, 5.74) is 1.02. The first kappa shape index (κ1) is 30.9. The van der Waals surface area contributed by atoms with Gasteiger partial charge in [0, 0.05) is 23.7 Å². The summed E-state index contributed by atoms with van der Waals surface area (Å²) in [5.74, 6) is -1.41. The average molecular weight is 624 g/mol. The Morgan fingerprint density at radius 1 is 1.18 bits per heavy atom. The van der Waals surface area contributed by atoms with Gasteiger partial charge in [-0.25, -0.2) is 13.2 Å². The Morgan fingerprint density at radius 3 is 2.46 bits per heavy atom. The highest BCUT2D eigenvalue weighted by molar-refractivity contribution is 9.10. The van der Waals surface area contributed by atoms with E-state index in [9.17, 15) is 23.1 Å². The number of halogens is 1. The first-order chi connectivity index (χ1) is 18.4. The molecule has 2 aromatic carbocycles. The lowest BCUT2D eigenvalue weighted by molar-refractivity contribution is -0.142. The lowest BCUT2D eigenvalue weighted by atomic mass is 9.81.